The van der Waals surface area contributed by atoms with Gasteiger partial charge in [-0.2, -0.15) is 4.72 Å². The summed E-state index contributed by atoms with van der Waals surface area (Å²) in [6, 6.07) is 12.5. The lowest BCUT2D eigenvalue weighted by Crippen LogP contribution is -2.41. The predicted molar refractivity (Wildman–Crippen MR) is 102 cm³/mol. The van der Waals surface area contributed by atoms with E-state index in [1.807, 2.05) is 12.1 Å². The molecule has 0 aromatic heterocycles. The Balaban J connectivity index is 2.02. The molecule has 2 N–H and O–H groups in total. The van der Waals surface area contributed by atoms with E-state index in [4.69, 9.17) is 4.74 Å². The second-order valence-electron chi connectivity index (χ2n) is 6.28. The highest BCUT2D eigenvalue weighted by Crippen LogP contribution is 2.18. The third-order valence-electron chi connectivity index (χ3n) is 3.94. The van der Waals surface area contributed by atoms with Crippen LogP contribution in [0.1, 0.15) is 32.3 Å². The van der Waals surface area contributed by atoms with Crippen molar-refractivity contribution >= 4 is 21.6 Å². The topological polar surface area (TPSA) is 84.5 Å². The van der Waals surface area contributed by atoms with Crippen molar-refractivity contribution in [2.75, 3.05) is 12.4 Å². The zero-order chi connectivity index (χ0) is 19.3. The van der Waals surface area contributed by atoms with Gasteiger partial charge in [0.25, 0.3) is 0 Å². The lowest BCUT2D eigenvalue weighted by Gasteiger charge is -2.15. The molecule has 0 radical (unpaired) electrons. The summed E-state index contributed by atoms with van der Waals surface area (Å²) in [6.07, 6.45) is 0. The molecule has 0 bridgehead atoms. The fourth-order valence-corrected chi connectivity index (χ4v) is 3.51. The highest BCUT2D eigenvalue weighted by molar-refractivity contribution is 7.89. The fourth-order valence-electron chi connectivity index (χ4n) is 2.31. The molecule has 2 rings (SSSR count). The Morgan fingerprint density at radius 1 is 0.962 bits per heavy atom. The summed E-state index contributed by atoms with van der Waals surface area (Å²) in [7, 11) is -2.30. The number of hydrogen-bond acceptors (Lipinski definition) is 4. The van der Waals surface area contributed by atoms with Crippen molar-refractivity contribution in [3.05, 3.63) is 54.1 Å². The van der Waals surface area contributed by atoms with E-state index in [9.17, 15) is 13.2 Å². The Hall–Kier alpha value is -2.38. The predicted octanol–water partition coefficient (Wildman–Crippen LogP) is 3.12. The van der Waals surface area contributed by atoms with Gasteiger partial charge in [0.2, 0.25) is 15.9 Å². The average Bonchev–Trinajstić information content (AvgIpc) is 2.61. The average molecular weight is 376 g/mol. The van der Waals surface area contributed by atoms with Gasteiger partial charge in [0, 0.05) is 5.69 Å². The van der Waals surface area contributed by atoms with Gasteiger partial charge in [0.05, 0.1) is 18.0 Å². The van der Waals surface area contributed by atoms with Gasteiger partial charge >= 0.3 is 0 Å². The normalized spacial score (nSPS) is 12.7. The van der Waals surface area contributed by atoms with Crippen LogP contribution in [-0.2, 0) is 14.8 Å². The van der Waals surface area contributed by atoms with Crippen LogP contribution < -0.4 is 14.8 Å². The quantitative estimate of drug-likeness (QED) is 0.778. The van der Waals surface area contributed by atoms with Crippen LogP contribution >= 0.6 is 0 Å². The van der Waals surface area contributed by atoms with Gasteiger partial charge in [-0.05, 0) is 54.8 Å². The Kier molecular flexibility index (Phi) is 6.39. The molecular formula is C19H24N2O4S. The second kappa shape index (κ2) is 8.33. The minimum absolute atomic E-state index is 0.0687. The van der Waals surface area contributed by atoms with E-state index in [1.165, 1.54) is 26.2 Å². The summed E-state index contributed by atoms with van der Waals surface area (Å²) in [5, 5.41) is 2.71. The minimum atomic E-state index is -3.81. The highest BCUT2D eigenvalue weighted by atomic mass is 32.2. The van der Waals surface area contributed by atoms with Gasteiger partial charge < -0.3 is 10.1 Å². The fraction of sp³-hybridized carbons (Fsp3) is 0.316. The largest absolute Gasteiger partial charge is 0.497 e. The molecule has 0 spiro atoms. The van der Waals surface area contributed by atoms with Crippen LogP contribution in [0.4, 0.5) is 5.69 Å². The maximum Gasteiger partial charge on any atom is 0.242 e. The Morgan fingerprint density at radius 2 is 1.54 bits per heavy atom. The highest BCUT2D eigenvalue weighted by Gasteiger charge is 2.22. The molecule has 1 atom stereocenters. The zero-order valence-electron chi connectivity index (χ0n) is 15.3. The third kappa shape index (κ3) is 5.06. The monoisotopic (exact) mass is 376 g/mol. The first-order valence-corrected chi connectivity index (χ1v) is 9.78. The van der Waals surface area contributed by atoms with Gasteiger partial charge in [-0.15, -0.1) is 0 Å². The summed E-state index contributed by atoms with van der Waals surface area (Å²) in [5.74, 6) is 0.522. The van der Waals surface area contributed by atoms with Crippen molar-refractivity contribution in [2.24, 2.45) is 0 Å². The van der Waals surface area contributed by atoms with E-state index < -0.39 is 22.0 Å². The van der Waals surface area contributed by atoms with Crippen LogP contribution in [0.2, 0.25) is 0 Å². The van der Waals surface area contributed by atoms with Crippen LogP contribution in [0, 0.1) is 0 Å². The first-order valence-electron chi connectivity index (χ1n) is 8.30. The van der Waals surface area contributed by atoms with Crippen molar-refractivity contribution in [1.82, 2.24) is 4.72 Å². The maximum absolute atomic E-state index is 12.4. The van der Waals surface area contributed by atoms with E-state index in [0.717, 1.165) is 5.56 Å². The summed E-state index contributed by atoms with van der Waals surface area (Å²) in [4.78, 5) is 12.4. The number of amides is 1. The molecule has 2 aromatic rings. The number of carbonyl (C=O) groups excluding carboxylic acids is 1. The van der Waals surface area contributed by atoms with Gasteiger partial charge in [-0.3, -0.25) is 4.79 Å². The molecule has 0 fully saturated rings. The molecule has 0 saturated heterocycles. The molecule has 1 amide bonds. The molecule has 0 saturated carbocycles. The number of ether oxygens (including phenoxy) is 1. The number of rotatable bonds is 7. The molecule has 26 heavy (non-hydrogen) atoms. The molecule has 0 heterocycles. The van der Waals surface area contributed by atoms with Gasteiger partial charge in [0.1, 0.15) is 5.75 Å². The van der Waals surface area contributed by atoms with Gasteiger partial charge in [0.15, 0.2) is 0 Å². The van der Waals surface area contributed by atoms with Crippen LogP contribution in [-0.4, -0.2) is 27.5 Å². The molecule has 140 valence electrons. The summed E-state index contributed by atoms with van der Waals surface area (Å²) < 4.78 is 32.2. The van der Waals surface area contributed by atoms with Crippen molar-refractivity contribution < 1.29 is 17.9 Å². The van der Waals surface area contributed by atoms with Crippen molar-refractivity contribution in [1.29, 1.82) is 0 Å². The Labute approximate surface area is 154 Å². The number of methoxy groups -OCH3 is 1. The molecule has 0 unspecified atom stereocenters. The number of nitrogens with one attached hydrogen (secondary N) is 2. The zero-order valence-corrected chi connectivity index (χ0v) is 16.1. The smallest absolute Gasteiger partial charge is 0.242 e. The van der Waals surface area contributed by atoms with E-state index in [0.29, 0.717) is 17.4 Å². The van der Waals surface area contributed by atoms with E-state index in [1.54, 1.807) is 24.3 Å². The van der Waals surface area contributed by atoms with Crippen molar-refractivity contribution in [3.63, 3.8) is 0 Å². The summed E-state index contributed by atoms with van der Waals surface area (Å²) in [5.41, 5.74) is 1.78. The van der Waals surface area contributed by atoms with E-state index in [2.05, 4.69) is 23.9 Å². The van der Waals surface area contributed by atoms with E-state index >= 15 is 0 Å². The third-order valence-corrected chi connectivity index (χ3v) is 5.50. The minimum Gasteiger partial charge on any atom is -0.497 e. The molecule has 7 heteroatoms. The van der Waals surface area contributed by atoms with Crippen molar-refractivity contribution in [2.45, 2.75) is 37.6 Å². The first kappa shape index (κ1) is 19.9. The van der Waals surface area contributed by atoms with Gasteiger partial charge in [-0.1, -0.05) is 26.0 Å². The number of sulfonamides is 1. The van der Waals surface area contributed by atoms with Crippen LogP contribution in [0.25, 0.3) is 0 Å². The molecule has 0 aliphatic rings. The lowest BCUT2D eigenvalue weighted by molar-refractivity contribution is -0.117. The molecular weight excluding hydrogens is 352 g/mol. The number of benzene rings is 2. The molecule has 2 aromatic carbocycles. The number of hydrogen-bond donors (Lipinski definition) is 2. The second-order valence-corrected chi connectivity index (χ2v) is 8.00. The number of carbonyl (C=O) groups is 1. The first-order chi connectivity index (χ1) is 12.2. The Bertz CT molecular complexity index is 844. The van der Waals surface area contributed by atoms with Crippen LogP contribution in [0.3, 0.4) is 0 Å². The van der Waals surface area contributed by atoms with E-state index in [-0.39, 0.29) is 4.90 Å². The summed E-state index contributed by atoms with van der Waals surface area (Å²) in [6.45, 7) is 5.67. The van der Waals surface area contributed by atoms with Gasteiger partial charge in [-0.25, -0.2) is 8.42 Å². The Morgan fingerprint density at radius 3 is 2.04 bits per heavy atom. The standard InChI is InChI=1S/C19H24N2O4S/c1-13(2)15-5-7-16(8-6-15)20-19(22)14(3)21-26(23,24)18-11-9-17(25-4)10-12-18/h5-14,21H,1-4H3,(H,20,22)/t14-/m1/s1. The molecule has 0 aliphatic heterocycles. The lowest BCUT2D eigenvalue weighted by atomic mass is 10.0. The number of anilines is 1. The van der Waals surface area contributed by atoms with Crippen molar-refractivity contribution in [3.8, 4) is 5.75 Å². The van der Waals surface area contributed by atoms with Crippen LogP contribution in [0.15, 0.2) is 53.4 Å². The summed E-state index contributed by atoms with van der Waals surface area (Å²) >= 11 is 0. The SMILES string of the molecule is COc1ccc(S(=O)(=O)N[C@H](C)C(=O)Nc2ccc(C(C)C)cc2)cc1. The maximum atomic E-state index is 12.4. The molecule has 0 aliphatic carbocycles. The van der Waals surface area contributed by atoms with Crippen LogP contribution in [0.5, 0.6) is 5.75 Å². The molecule has 6 nitrogen and oxygen atoms in total.